The van der Waals surface area contributed by atoms with Crippen LogP contribution in [-0.2, 0) is 24.4 Å². The van der Waals surface area contributed by atoms with Gasteiger partial charge in [-0.3, -0.25) is 4.79 Å². The molecule has 1 N–H and O–H groups in total. The minimum Gasteiger partial charge on any atom is -0.489 e. The van der Waals surface area contributed by atoms with Gasteiger partial charge in [0.2, 0.25) is 0 Å². The average Bonchev–Trinajstić information content (AvgIpc) is 3.16. The van der Waals surface area contributed by atoms with Crippen molar-refractivity contribution in [3.05, 3.63) is 95.6 Å². The van der Waals surface area contributed by atoms with Crippen LogP contribution in [0.3, 0.4) is 0 Å². The second-order valence-corrected chi connectivity index (χ2v) is 6.52. The number of carbonyl (C=O) groups is 1. The Bertz CT molecular complexity index is 899. The number of fused-ring (bicyclic) bond motifs is 1. The van der Waals surface area contributed by atoms with Crippen LogP contribution < -0.4 is 14.8 Å². The lowest BCUT2D eigenvalue weighted by molar-refractivity contribution is -0.127. The molecule has 1 unspecified atom stereocenters. The van der Waals surface area contributed by atoms with Crippen molar-refractivity contribution in [1.29, 1.82) is 0 Å². The van der Waals surface area contributed by atoms with E-state index in [4.69, 9.17) is 9.47 Å². The number of para-hydroxylation sites is 2. The molecule has 0 saturated heterocycles. The molecule has 0 aromatic heterocycles. The molecule has 4 rings (SSSR count). The lowest BCUT2D eigenvalue weighted by atomic mass is 10.1. The van der Waals surface area contributed by atoms with Crippen molar-refractivity contribution in [2.45, 2.75) is 25.7 Å². The summed E-state index contributed by atoms with van der Waals surface area (Å²) in [6.45, 7) is 0.896. The highest BCUT2D eigenvalue weighted by molar-refractivity contribution is 5.82. The second kappa shape index (κ2) is 7.96. The summed E-state index contributed by atoms with van der Waals surface area (Å²) in [5.74, 6) is 1.46. The molecule has 136 valence electrons. The van der Waals surface area contributed by atoms with Gasteiger partial charge in [0, 0.05) is 18.5 Å². The van der Waals surface area contributed by atoms with Crippen molar-refractivity contribution < 1.29 is 14.3 Å². The SMILES string of the molecule is O=C(NCc1ccccc1OCc1ccccc1)C1Cc2ccccc2O1. The van der Waals surface area contributed by atoms with Crippen LogP contribution in [0.25, 0.3) is 0 Å². The number of hydrogen-bond donors (Lipinski definition) is 1. The largest absolute Gasteiger partial charge is 0.489 e. The first-order valence-electron chi connectivity index (χ1n) is 9.06. The number of nitrogens with one attached hydrogen (secondary N) is 1. The van der Waals surface area contributed by atoms with Crippen molar-refractivity contribution in [3.63, 3.8) is 0 Å². The predicted molar refractivity (Wildman–Crippen MR) is 104 cm³/mol. The monoisotopic (exact) mass is 359 g/mol. The standard InChI is InChI=1S/C23H21NO3/c25-23(22-14-18-10-4-7-13-21(18)27-22)24-15-19-11-5-6-12-20(19)26-16-17-8-2-1-3-9-17/h1-13,22H,14-16H2,(H,24,25). The van der Waals surface area contributed by atoms with Crippen molar-refractivity contribution in [1.82, 2.24) is 5.32 Å². The first-order chi connectivity index (χ1) is 13.3. The van der Waals surface area contributed by atoms with Crippen LogP contribution in [0, 0.1) is 0 Å². The van der Waals surface area contributed by atoms with Gasteiger partial charge in [0.1, 0.15) is 18.1 Å². The zero-order chi connectivity index (χ0) is 18.5. The third-order valence-corrected chi connectivity index (χ3v) is 4.60. The molecule has 27 heavy (non-hydrogen) atoms. The summed E-state index contributed by atoms with van der Waals surface area (Å²) < 4.78 is 11.7. The van der Waals surface area contributed by atoms with E-state index in [0.717, 1.165) is 28.2 Å². The Kier molecular flexibility index (Phi) is 5.06. The first-order valence-corrected chi connectivity index (χ1v) is 9.06. The van der Waals surface area contributed by atoms with Gasteiger partial charge in [-0.05, 0) is 23.3 Å². The smallest absolute Gasteiger partial charge is 0.261 e. The molecule has 1 aliphatic heterocycles. The minimum absolute atomic E-state index is 0.107. The average molecular weight is 359 g/mol. The molecule has 0 saturated carbocycles. The Labute approximate surface area is 158 Å². The highest BCUT2D eigenvalue weighted by Gasteiger charge is 2.28. The number of amides is 1. The molecule has 0 aliphatic carbocycles. The molecule has 1 amide bonds. The summed E-state index contributed by atoms with van der Waals surface area (Å²) in [6, 6.07) is 25.6. The van der Waals surface area contributed by atoms with Gasteiger partial charge in [-0.2, -0.15) is 0 Å². The zero-order valence-corrected chi connectivity index (χ0v) is 14.9. The Balaban J connectivity index is 1.35. The molecule has 1 aliphatic rings. The molecule has 0 radical (unpaired) electrons. The quantitative estimate of drug-likeness (QED) is 0.726. The zero-order valence-electron chi connectivity index (χ0n) is 14.9. The third-order valence-electron chi connectivity index (χ3n) is 4.60. The predicted octanol–water partition coefficient (Wildman–Crippen LogP) is 3.89. The van der Waals surface area contributed by atoms with Gasteiger partial charge in [0.05, 0.1) is 0 Å². The minimum atomic E-state index is -0.472. The van der Waals surface area contributed by atoms with Crippen LogP contribution >= 0.6 is 0 Å². The van der Waals surface area contributed by atoms with Crippen molar-refractivity contribution in [2.24, 2.45) is 0 Å². The van der Waals surface area contributed by atoms with Crippen LogP contribution in [0.4, 0.5) is 0 Å². The molecule has 0 spiro atoms. The molecule has 0 fully saturated rings. The summed E-state index contributed by atoms with van der Waals surface area (Å²) in [5, 5.41) is 2.97. The number of hydrogen-bond acceptors (Lipinski definition) is 3. The molecule has 3 aromatic carbocycles. The van der Waals surface area contributed by atoms with Crippen LogP contribution in [0.15, 0.2) is 78.9 Å². The van der Waals surface area contributed by atoms with Gasteiger partial charge in [-0.1, -0.05) is 66.7 Å². The van der Waals surface area contributed by atoms with Crippen molar-refractivity contribution in [2.75, 3.05) is 0 Å². The van der Waals surface area contributed by atoms with Gasteiger partial charge in [0.15, 0.2) is 6.10 Å². The lowest BCUT2D eigenvalue weighted by Crippen LogP contribution is -2.37. The molecular weight excluding hydrogens is 338 g/mol. The van der Waals surface area contributed by atoms with E-state index in [1.54, 1.807) is 0 Å². The van der Waals surface area contributed by atoms with E-state index in [-0.39, 0.29) is 5.91 Å². The van der Waals surface area contributed by atoms with Crippen LogP contribution in [0.2, 0.25) is 0 Å². The Morgan fingerprint density at radius 3 is 2.56 bits per heavy atom. The van der Waals surface area contributed by atoms with E-state index in [9.17, 15) is 4.79 Å². The Morgan fingerprint density at radius 2 is 1.70 bits per heavy atom. The fourth-order valence-corrected chi connectivity index (χ4v) is 3.15. The maximum absolute atomic E-state index is 12.5. The summed E-state index contributed by atoms with van der Waals surface area (Å²) in [5.41, 5.74) is 3.12. The van der Waals surface area contributed by atoms with E-state index >= 15 is 0 Å². The molecule has 1 heterocycles. The van der Waals surface area contributed by atoms with Crippen molar-refractivity contribution >= 4 is 5.91 Å². The first kappa shape index (κ1) is 17.2. The van der Waals surface area contributed by atoms with Gasteiger partial charge in [-0.15, -0.1) is 0 Å². The fraction of sp³-hybridized carbons (Fsp3) is 0.174. The van der Waals surface area contributed by atoms with Crippen molar-refractivity contribution in [3.8, 4) is 11.5 Å². The normalized spacial score (nSPS) is 14.9. The summed E-state index contributed by atoms with van der Waals surface area (Å²) in [4.78, 5) is 12.5. The van der Waals surface area contributed by atoms with Gasteiger partial charge in [-0.25, -0.2) is 0 Å². The highest BCUT2D eigenvalue weighted by atomic mass is 16.5. The summed E-state index contributed by atoms with van der Waals surface area (Å²) in [7, 11) is 0. The van der Waals surface area contributed by atoms with E-state index in [2.05, 4.69) is 5.32 Å². The topological polar surface area (TPSA) is 47.6 Å². The van der Waals surface area contributed by atoms with Gasteiger partial charge < -0.3 is 14.8 Å². The molecule has 0 bridgehead atoms. The highest BCUT2D eigenvalue weighted by Crippen LogP contribution is 2.28. The fourth-order valence-electron chi connectivity index (χ4n) is 3.15. The van der Waals surface area contributed by atoms with E-state index in [0.29, 0.717) is 19.6 Å². The molecule has 3 aromatic rings. The third kappa shape index (κ3) is 4.11. The number of ether oxygens (including phenoxy) is 2. The van der Waals surface area contributed by atoms with E-state index < -0.39 is 6.10 Å². The molecule has 1 atom stereocenters. The van der Waals surface area contributed by atoms with Crippen LogP contribution in [0.1, 0.15) is 16.7 Å². The maximum Gasteiger partial charge on any atom is 0.261 e. The molecule has 4 heteroatoms. The summed E-state index contributed by atoms with van der Waals surface area (Å²) >= 11 is 0. The van der Waals surface area contributed by atoms with Crippen LogP contribution in [-0.4, -0.2) is 12.0 Å². The molecule has 4 nitrogen and oxygen atoms in total. The van der Waals surface area contributed by atoms with Crippen LogP contribution in [0.5, 0.6) is 11.5 Å². The Morgan fingerprint density at radius 1 is 0.963 bits per heavy atom. The number of benzene rings is 3. The van der Waals surface area contributed by atoms with E-state index in [1.165, 1.54) is 0 Å². The van der Waals surface area contributed by atoms with E-state index in [1.807, 2.05) is 78.9 Å². The lowest BCUT2D eigenvalue weighted by Gasteiger charge is -2.14. The maximum atomic E-state index is 12.5. The van der Waals surface area contributed by atoms with Gasteiger partial charge in [0.25, 0.3) is 5.91 Å². The Hall–Kier alpha value is -3.27. The second-order valence-electron chi connectivity index (χ2n) is 6.52. The summed E-state index contributed by atoms with van der Waals surface area (Å²) in [6.07, 6.45) is 0.133. The number of carbonyl (C=O) groups excluding carboxylic acids is 1. The molecular formula is C23H21NO3. The number of rotatable bonds is 6. The van der Waals surface area contributed by atoms with Gasteiger partial charge >= 0.3 is 0 Å².